The van der Waals surface area contributed by atoms with Crippen LogP contribution in [0.15, 0.2) is 0 Å². The van der Waals surface area contributed by atoms with Gasteiger partial charge in [0.05, 0.1) is 7.11 Å². The molecule has 29 heavy (non-hydrogen) atoms. The van der Waals surface area contributed by atoms with Gasteiger partial charge in [-0.3, -0.25) is 4.79 Å². The minimum absolute atomic E-state index is 0.0834. The van der Waals surface area contributed by atoms with Crippen LogP contribution in [0.2, 0.25) is 39.3 Å². The third-order valence-corrected chi connectivity index (χ3v) is 6.97. The van der Waals surface area contributed by atoms with Crippen molar-refractivity contribution in [1.29, 1.82) is 0 Å². The van der Waals surface area contributed by atoms with Crippen molar-refractivity contribution in [2.45, 2.75) is 129 Å². The van der Waals surface area contributed by atoms with Gasteiger partial charge in [0.25, 0.3) is 0 Å². The molecule has 0 fully saturated rings. The number of carbonyl (C=O) groups excluding carboxylic acids is 1. The highest BCUT2D eigenvalue weighted by atomic mass is 28.4. The highest BCUT2D eigenvalue weighted by Gasteiger charge is 2.20. The third kappa shape index (κ3) is 22.3. The van der Waals surface area contributed by atoms with Crippen LogP contribution in [0.4, 0.5) is 0 Å². The van der Waals surface area contributed by atoms with E-state index < -0.39 is 16.6 Å². The van der Waals surface area contributed by atoms with E-state index in [0.29, 0.717) is 12.5 Å². The first kappa shape index (κ1) is 28.8. The lowest BCUT2D eigenvalue weighted by Crippen LogP contribution is -2.32. The third-order valence-electron chi connectivity index (χ3n) is 4.86. The maximum Gasteiger partial charge on any atom is 0.305 e. The second-order valence-corrected chi connectivity index (χ2v) is 19.2. The molecule has 0 aromatic carbocycles. The molecule has 0 N–H and O–H groups in total. The molecule has 4 nitrogen and oxygen atoms in total. The summed E-state index contributed by atoms with van der Waals surface area (Å²) >= 11 is 0. The number of rotatable bonds is 19. The number of hydrogen-bond acceptors (Lipinski definition) is 4. The molecule has 6 heteroatoms. The first-order chi connectivity index (χ1) is 13.5. The van der Waals surface area contributed by atoms with Crippen LogP contribution in [-0.2, 0) is 18.4 Å². The van der Waals surface area contributed by atoms with Gasteiger partial charge in [0.15, 0.2) is 16.6 Å². The zero-order chi connectivity index (χ0) is 22.2. The van der Waals surface area contributed by atoms with E-state index in [1.165, 1.54) is 71.3 Å². The van der Waals surface area contributed by atoms with Crippen molar-refractivity contribution in [1.82, 2.24) is 0 Å². The van der Waals surface area contributed by atoms with Crippen molar-refractivity contribution < 1.29 is 18.4 Å². The van der Waals surface area contributed by atoms with Crippen LogP contribution in [0.5, 0.6) is 0 Å². The predicted octanol–water partition coefficient (Wildman–Crippen LogP) is 7.30. The van der Waals surface area contributed by atoms with E-state index in [-0.39, 0.29) is 5.97 Å². The summed E-state index contributed by atoms with van der Waals surface area (Å²) < 4.78 is 17.1. The summed E-state index contributed by atoms with van der Waals surface area (Å²) in [7, 11) is -1.36. The average molecular weight is 447 g/mol. The van der Waals surface area contributed by atoms with Gasteiger partial charge in [0.2, 0.25) is 0 Å². The van der Waals surface area contributed by atoms with Crippen molar-refractivity contribution in [3.63, 3.8) is 0 Å². The number of carbonyl (C=O) groups is 1. The van der Waals surface area contributed by atoms with Gasteiger partial charge in [-0.1, -0.05) is 51.4 Å². The fraction of sp³-hybridized carbons (Fsp3) is 0.957. The van der Waals surface area contributed by atoms with E-state index in [2.05, 4.69) is 44.0 Å². The van der Waals surface area contributed by atoms with Crippen LogP contribution in [-0.4, -0.2) is 42.4 Å². The lowest BCUT2D eigenvalue weighted by atomic mass is 10.0. The summed E-state index contributed by atoms with van der Waals surface area (Å²) in [5, 5.41) is 0. The Balaban J connectivity index is 3.84. The maximum atomic E-state index is 11.1. The molecule has 0 spiro atoms. The van der Waals surface area contributed by atoms with Gasteiger partial charge in [-0.25, -0.2) is 0 Å². The highest BCUT2D eigenvalue weighted by Crippen LogP contribution is 2.20. The van der Waals surface area contributed by atoms with E-state index in [0.717, 1.165) is 19.4 Å². The molecule has 1 atom stereocenters. The predicted molar refractivity (Wildman–Crippen MR) is 130 cm³/mol. The molecular formula is C23H50O4Si2. The van der Waals surface area contributed by atoms with E-state index in [4.69, 9.17) is 8.85 Å². The molecule has 0 rings (SSSR count). The lowest BCUT2D eigenvalue weighted by molar-refractivity contribution is -0.140. The Bertz CT molecular complexity index is 403. The Hall–Kier alpha value is -0.176. The topological polar surface area (TPSA) is 44.8 Å². The number of methoxy groups -OCH3 is 1. The van der Waals surface area contributed by atoms with E-state index in [1.54, 1.807) is 0 Å². The number of esters is 1. The molecule has 0 amide bonds. The van der Waals surface area contributed by atoms with Gasteiger partial charge in [-0.05, 0) is 65.0 Å². The largest absolute Gasteiger partial charge is 0.469 e. The molecule has 0 saturated heterocycles. The molecule has 174 valence electrons. The van der Waals surface area contributed by atoms with Gasteiger partial charge in [0.1, 0.15) is 0 Å². The van der Waals surface area contributed by atoms with Crippen molar-refractivity contribution in [2.24, 2.45) is 0 Å². The van der Waals surface area contributed by atoms with E-state index >= 15 is 0 Å². The fourth-order valence-corrected chi connectivity index (χ4v) is 5.41. The summed E-state index contributed by atoms with van der Waals surface area (Å²) in [4.78, 5) is 11.1. The van der Waals surface area contributed by atoms with E-state index in [9.17, 15) is 4.79 Å². The minimum Gasteiger partial charge on any atom is -0.469 e. The first-order valence-electron chi connectivity index (χ1n) is 11.9. The molecule has 0 aliphatic heterocycles. The Morgan fingerprint density at radius 3 is 1.66 bits per heavy atom. The lowest BCUT2D eigenvalue weighted by Gasteiger charge is -2.26. The Labute approximate surface area is 183 Å². The van der Waals surface area contributed by atoms with E-state index in [1.807, 2.05) is 0 Å². The maximum absolute atomic E-state index is 11.1. The van der Waals surface area contributed by atoms with Crippen molar-refractivity contribution in [2.75, 3.05) is 13.7 Å². The summed E-state index contributed by atoms with van der Waals surface area (Å²) in [6.45, 7) is 14.6. The second kappa shape index (κ2) is 16.5. The van der Waals surface area contributed by atoms with Gasteiger partial charge in [-0.15, -0.1) is 0 Å². The summed E-state index contributed by atoms with van der Waals surface area (Å²) in [6, 6.07) is 0. The standard InChI is InChI=1S/C23H50O4Si2/c1-25-23(24)20-16-11-9-8-10-14-18-22(27-29(5,6)7)19-15-12-13-17-21-26-28(2,3)4/h22H,8-21H2,1-7H3. The Kier molecular flexibility index (Phi) is 16.4. The average Bonchev–Trinajstić information content (AvgIpc) is 2.60. The Morgan fingerprint density at radius 2 is 1.17 bits per heavy atom. The molecule has 0 aliphatic rings. The molecule has 0 aliphatic carbocycles. The van der Waals surface area contributed by atoms with Gasteiger partial charge in [0, 0.05) is 19.1 Å². The molecule has 0 aromatic heterocycles. The zero-order valence-corrected chi connectivity index (χ0v) is 22.6. The fourth-order valence-electron chi connectivity index (χ4n) is 3.42. The van der Waals surface area contributed by atoms with Gasteiger partial charge < -0.3 is 13.6 Å². The van der Waals surface area contributed by atoms with Crippen LogP contribution >= 0.6 is 0 Å². The minimum atomic E-state index is -1.48. The van der Waals surface area contributed by atoms with Gasteiger partial charge >= 0.3 is 5.97 Å². The van der Waals surface area contributed by atoms with Crippen molar-refractivity contribution in [3.8, 4) is 0 Å². The molecular weight excluding hydrogens is 396 g/mol. The summed E-state index contributed by atoms with van der Waals surface area (Å²) in [5.74, 6) is -0.0834. The number of ether oxygens (including phenoxy) is 1. The van der Waals surface area contributed by atoms with Crippen molar-refractivity contribution in [3.05, 3.63) is 0 Å². The molecule has 0 saturated carbocycles. The van der Waals surface area contributed by atoms with Crippen LogP contribution < -0.4 is 0 Å². The van der Waals surface area contributed by atoms with Gasteiger partial charge in [-0.2, -0.15) is 0 Å². The highest BCUT2D eigenvalue weighted by molar-refractivity contribution is 6.70. The zero-order valence-electron chi connectivity index (χ0n) is 20.6. The smallest absolute Gasteiger partial charge is 0.305 e. The number of hydrogen-bond donors (Lipinski definition) is 0. The van der Waals surface area contributed by atoms with Crippen LogP contribution in [0.1, 0.15) is 83.5 Å². The normalized spacial score (nSPS) is 13.5. The SMILES string of the molecule is COC(=O)CCCCCCCCC(CCCCCCO[Si](C)(C)C)O[Si](C)(C)C. The molecule has 0 bridgehead atoms. The van der Waals surface area contributed by atoms with Crippen molar-refractivity contribution >= 4 is 22.6 Å². The number of unbranched alkanes of at least 4 members (excludes halogenated alkanes) is 8. The monoisotopic (exact) mass is 446 g/mol. The van der Waals surface area contributed by atoms with Crippen LogP contribution in [0.25, 0.3) is 0 Å². The molecule has 0 aromatic rings. The summed E-state index contributed by atoms with van der Waals surface area (Å²) in [5.41, 5.74) is 0. The molecule has 0 radical (unpaired) electrons. The molecule has 0 heterocycles. The van der Waals surface area contributed by atoms with Crippen LogP contribution in [0, 0.1) is 0 Å². The molecule has 1 unspecified atom stereocenters. The first-order valence-corrected chi connectivity index (χ1v) is 18.7. The summed E-state index contributed by atoms with van der Waals surface area (Å²) in [6.07, 6.45) is 15.5. The Morgan fingerprint density at radius 1 is 0.690 bits per heavy atom. The van der Waals surface area contributed by atoms with Crippen LogP contribution in [0.3, 0.4) is 0 Å². The second-order valence-electron chi connectivity index (χ2n) is 10.3. The quantitative estimate of drug-likeness (QED) is 0.119.